The molecule has 2 nitrogen and oxygen atoms in total. The molecule has 0 aliphatic rings. The van der Waals surface area contributed by atoms with Crippen LogP contribution in [0.3, 0.4) is 0 Å². The Kier molecular flexibility index (Phi) is 5.27. The van der Waals surface area contributed by atoms with E-state index in [0.29, 0.717) is 0 Å². The fourth-order valence-corrected chi connectivity index (χ4v) is 0.815. The summed E-state index contributed by atoms with van der Waals surface area (Å²) in [5.41, 5.74) is 0. The summed E-state index contributed by atoms with van der Waals surface area (Å²) in [6.45, 7) is 1.60. The summed E-state index contributed by atoms with van der Waals surface area (Å²) in [6, 6.07) is 0. The van der Waals surface area contributed by atoms with E-state index in [4.69, 9.17) is 0 Å². The molecule has 0 aromatic heterocycles. The highest BCUT2D eigenvalue weighted by atomic mass is 19.4. The topological polar surface area (TPSA) is 26.3 Å². The second-order valence-electron chi connectivity index (χ2n) is 2.95. The molecule has 0 amide bonds. The van der Waals surface area contributed by atoms with Crippen LogP contribution in [0.5, 0.6) is 0 Å². The van der Waals surface area contributed by atoms with E-state index >= 15 is 0 Å². The van der Waals surface area contributed by atoms with Crippen LogP contribution in [0.15, 0.2) is 12.2 Å². The van der Waals surface area contributed by atoms with Gasteiger partial charge < -0.3 is 4.74 Å². The highest BCUT2D eigenvalue weighted by Crippen LogP contribution is 2.20. The monoisotopic (exact) mass is 210 g/mol. The molecule has 0 spiro atoms. The van der Waals surface area contributed by atoms with Gasteiger partial charge in [-0.2, -0.15) is 13.2 Å². The number of alkyl halides is 3. The first kappa shape index (κ1) is 13.0. The van der Waals surface area contributed by atoms with Crippen LogP contribution in [0.25, 0.3) is 0 Å². The fraction of sp³-hybridized carbons (Fsp3) is 0.667. The van der Waals surface area contributed by atoms with Crippen LogP contribution in [-0.4, -0.2) is 19.3 Å². The average Bonchev–Trinajstić information content (AvgIpc) is 2.09. The van der Waals surface area contributed by atoms with Crippen molar-refractivity contribution in [1.29, 1.82) is 0 Å². The number of methoxy groups -OCH3 is 1. The minimum Gasteiger partial charge on any atom is -0.469 e. The highest BCUT2D eigenvalue weighted by molar-refractivity contribution is 5.71. The maximum atomic E-state index is 11.7. The van der Waals surface area contributed by atoms with Gasteiger partial charge in [-0.15, -0.1) is 0 Å². The standard InChI is InChI=1S/C9H13F3O2/c1-7(8(13)14-2)5-3-4-6-9(10,11)12/h3-4,7H,5-6H2,1-2H3. The summed E-state index contributed by atoms with van der Waals surface area (Å²) in [5, 5.41) is 0. The van der Waals surface area contributed by atoms with Crippen LogP contribution >= 0.6 is 0 Å². The van der Waals surface area contributed by atoms with E-state index in [-0.39, 0.29) is 6.42 Å². The Morgan fingerprint density at radius 1 is 1.43 bits per heavy atom. The maximum Gasteiger partial charge on any atom is 0.392 e. The number of halogens is 3. The van der Waals surface area contributed by atoms with Crippen molar-refractivity contribution in [2.75, 3.05) is 7.11 Å². The zero-order valence-corrected chi connectivity index (χ0v) is 8.10. The predicted molar refractivity (Wildman–Crippen MR) is 45.6 cm³/mol. The van der Waals surface area contributed by atoms with Crippen molar-refractivity contribution in [2.45, 2.75) is 25.9 Å². The van der Waals surface area contributed by atoms with Gasteiger partial charge in [0.25, 0.3) is 0 Å². The Morgan fingerprint density at radius 2 is 2.00 bits per heavy atom. The molecular formula is C9H13F3O2. The third kappa shape index (κ3) is 6.51. The Balaban J connectivity index is 3.77. The SMILES string of the molecule is COC(=O)C(C)CC=CCC(F)(F)F. The molecule has 5 heteroatoms. The van der Waals surface area contributed by atoms with Gasteiger partial charge in [-0.25, -0.2) is 0 Å². The molecule has 0 fully saturated rings. The summed E-state index contributed by atoms with van der Waals surface area (Å²) < 4.78 is 39.4. The third-order valence-corrected chi connectivity index (χ3v) is 1.61. The van der Waals surface area contributed by atoms with Crippen molar-refractivity contribution in [2.24, 2.45) is 5.92 Å². The molecule has 0 aliphatic heterocycles. The largest absolute Gasteiger partial charge is 0.469 e. The Labute approximate surface area is 80.7 Å². The molecule has 0 aromatic carbocycles. The minimum atomic E-state index is -4.18. The summed E-state index contributed by atoms with van der Waals surface area (Å²) in [7, 11) is 1.25. The molecule has 0 bridgehead atoms. The molecular weight excluding hydrogens is 197 g/mol. The van der Waals surface area contributed by atoms with Crippen molar-refractivity contribution in [3.63, 3.8) is 0 Å². The lowest BCUT2D eigenvalue weighted by atomic mass is 10.1. The zero-order valence-electron chi connectivity index (χ0n) is 8.10. The zero-order chi connectivity index (χ0) is 11.2. The normalized spacial score (nSPS) is 14.4. The first-order chi connectivity index (χ1) is 6.37. The molecule has 0 aromatic rings. The summed E-state index contributed by atoms with van der Waals surface area (Å²) in [5.74, 6) is -0.814. The number of rotatable bonds is 4. The molecule has 0 heterocycles. The van der Waals surface area contributed by atoms with E-state index in [2.05, 4.69) is 4.74 Å². The maximum absolute atomic E-state index is 11.7. The summed E-state index contributed by atoms with van der Waals surface area (Å²) in [4.78, 5) is 10.8. The smallest absolute Gasteiger partial charge is 0.392 e. The average molecular weight is 210 g/mol. The molecule has 0 N–H and O–H groups in total. The summed E-state index contributed by atoms with van der Waals surface area (Å²) in [6.07, 6.45) is -2.51. The van der Waals surface area contributed by atoms with Gasteiger partial charge in [-0.1, -0.05) is 19.1 Å². The van der Waals surface area contributed by atoms with Crippen LogP contribution < -0.4 is 0 Å². The molecule has 0 saturated carbocycles. The van der Waals surface area contributed by atoms with Crippen LogP contribution in [0.1, 0.15) is 19.8 Å². The number of allylic oxidation sites excluding steroid dienone is 2. The lowest BCUT2D eigenvalue weighted by Gasteiger charge is -2.05. The Bertz CT molecular complexity index is 209. The van der Waals surface area contributed by atoms with Gasteiger partial charge in [-0.05, 0) is 6.42 Å². The van der Waals surface area contributed by atoms with Crippen molar-refractivity contribution in [1.82, 2.24) is 0 Å². The van der Waals surface area contributed by atoms with Gasteiger partial charge in [0.1, 0.15) is 0 Å². The van der Waals surface area contributed by atoms with Crippen molar-refractivity contribution < 1.29 is 22.7 Å². The molecule has 0 radical (unpaired) electrons. The van der Waals surface area contributed by atoms with Crippen molar-refractivity contribution >= 4 is 5.97 Å². The second-order valence-corrected chi connectivity index (χ2v) is 2.95. The van der Waals surface area contributed by atoms with Crippen LogP contribution in [-0.2, 0) is 9.53 Å². The number of carbonyl (C=O) groups excluding carboxylic acids is 1. The predicted octanol–water partition coefficient (Wildman–Crippen LogP) is 2.69. The first-order valence-corrected chi connectivity index (χ1v) is 4.16. The Morgan fingerprint density at radius 3 is 2.43 bits per heavy atom. The van der Waals surface area contributed by atoms with Gasteiger partial charge in [0.2, 0.25) is 0 Å². The molecule has 0 aliphatic carbocycles. The molecule has 0 saturated heterocycles. The van der Waals surface area contributed by atoms with Crippen molar-refractivity contribution in [3.05, 3.63) is 12.2 Å². The summed E-state index contributed by atoms with van der Waals surface area (Å²) >= 11 is 0. The minimum absolute atomic E-state index is 0.267. The van der Waals surface area contributed by atoms with Gasteiger partial charge in [0.05, 0.1) is 19.4 Å². The van der Waals surface area contributed by atoms with E-state index in [1.807, 2.05) is 0 Å². The van der Waals surface area contributed by atoms with E-state index in [1.165, 1.54) is 13.2 Å². The van der Waals surface area contributed by atoms with Gasteiger partial charge in [0.15, 0.2) is 0 Å². The number of esters is 1. The number of ether oxygens (including phenoxy) is 1. The number of carbonyl (C=O) groups is 1. The van der Waals surface area contributed by atoms with Crippen LogP contribution in [0.4, 0.5) is 13.2 Å². The van der Waals surface area contributed by atoms with Gasteiger partial charge in [0, 0.05) is 0 Å². The van der Waals surface area contributed by atoms with E-state index < -0.39 is 24.5 Å². The highest BCUT2D eigenvalue weighted by Gasteiger charge is 2.24. The van der Waals surface area contributed by atoms with E-state index in [1.54, 1.807) is 6.92 Å². The van der Waals surface area contributed by atoms with Gasteiger partial charge in [-0.3, -0.25) is 4.79 Å². The Hall–Kier alpha value is -1.00. The molecule has 14 heavy (non-hydrogen) atoms. The third-order valence-electron chi connectivity index (χ3n) is 1.61. The van der Waals surface area contributed by atoms with Crippen LogP contribution in [0, 0.1) is 5.92 Å². The molecule has 1 unspecified atom stereocenters. The lowest BCUT2D eigenvalue weighted by molar-refractivity contribution is -0.144. The number of hydrogen-bond acceptors (Lipinski definition) is 2. The van der Waals surface area contributed by atoms with Gasteiger partial charge >= 0.3 is 12.1 Å². The quantitative estimate of drug-likeness (QED) is 0.526. The molecule has 82 valence electrons. The second kappa shape index (κ2) is 5.67. The number of hydrogen-bond donors (Lipinski definition) is 0. The molecule has 0 rings (SSSR count). The first-order valence-electron chi connectivity index (χ1n) is 4.16. The lowest BCUT2D eigenvalue weighted by Crippen LogP contribution is -2.11. The fourth-order valence-electron chi connectivity index (χ4n) is 0.815. The van der Waals surface area contributed by atoms with Crippen LogP contribution in [0.2, 0.25) is 0 Å². The van der Waals surface area contributed by atoms with E-state index in [9.17, 15) is 18.0 Å². The van der Waals surface area contributed by atoms with E-state index in [0.717, 1.165) is 6.08 Å². The van der Waals surface area contributed by atoms with Crippen molar-refractivity contribution in [3.8, 4) is 0 Å². The molecule has 1 atom stereocenters.